The first kappa shape index (κ1) is 15.8. The third-order valence-electron chi connectivity index (χ3n) is 3.77. The van der Waals surface area contributed by atoms with Gasteiger partial charge < -0.3 is 9.84 Å². The number of rotatable bonds is 4. The van der Waals surface area contributed by atoms with Crippen LogP contribution in [0.5, 0.6) is 0 Å². The van der Waals surface area contributed by atoms with Crippen LogP contribution in [0.4, 0.5) is 10.6 Å². The maximum absolute atomic E-state index is 12.0. The van der Waals surface area contributed by atoms with Crippen molar-refractivity contribution in [3.63, 3.8) is 0 Å². The van der Waals surface area contributed by atoms with Crippen molar-refractivity contribution in [1.29, 1.82) is 0 Å². The van der Waals surface area contributed by atoms with Crippen molar-refractivity contribution in [1.82, 2.24) is 30.6 Å². The largest absolute Gasteiger partial charge is 0.360 e. The Labute approximate surface area is 147 Å². The standard InChI is InChI=1S/C17H15N7O2/c1-10-6-11(2-4-18-10)16-13-9-19-15(7-14(13)23-24-16)22-17(25)20-8-12-3-5-21-26-12/h2-7,9H,8H2,1H3,(H,23,24)(H2,19,20,22,25). The molecule has 9 nitrogen and oxygen atoms in total. The van der Waals surface area contributed by atoms with E-state index in [4.69, 9.17) is 4.52 Å². The fourth-order valence-electron chi connectivity index (χ4n) is 2.56. The molecule has 4 aromatic rings. The van der Waals surface area contributed by atoms with Gasteiger partial charge in [-0.2, -0.15) is 5.10 Å². The topological polar surface area (TPSA) is 122 Å². The Morgan fingerprint density at radius 2 is 2.15 bits per heavy atom. The van der Waals surface area contributed by atoms with Gasteiger partial charge in [0, 0.05) is 41.2 Å². The number of carbonyl (C=O) groups is 1. The lowest BCUT2D eigenvalue weighted by Crippen LogP contribution is -2.28. The van der Waals surface area contributed by atoms with E-state index >= 15 is 0 Å². The summed E-state index contributed by atoms with van der Waals surface area (Å²) >= 11 is 0. The van der Waals surface area contributed by atoms with Gasteiger partial charge >= 0.3 is 6.03 Å². The summed E-state index contributed by atoms with van der Waals surface area (Å²) in [5, 5.41) is 17.1. The minimum absolute atomic E-state index is 0.240. The van der Waals surface area contributed by atoms with Crippen molar-refractivity contribution in [3.8, 4) is 11.3 Å². The van der Waals surface area contributed by atoms with E-state index in [9.17, 15) is 4.79 Å². The summed E-state index contributed by atoms with van der Waals surface area (Å²) in [6, 6.07) is 6.87. The van der Waals surface area contributed by atoms with E-state index in [1.807, 2.05) is 19.1 Å². The van der Waals surface area contributed by atoms with Gasteiger partial charge in [-0.05, 0) is 19.1 Å². The minimum atomic E-state index is -0.391. The number of pyridine rings is 2. The second kappa shape index (κ2) is 6.63. The third kappa shape index (κ3) is 3.22. The molecule has 4 heterocycles. The van der Waals surface area contributed by atoms with Gasteiger partial charge in [-0.15, -0.1) is 0 Å². The Bertz CT molecular complexity index is 1060. The van der Waals surface area contributed by atoms with Crippen LogP contribution >= 0.6 is 0 Å². The fourth-order valence-corrected chi connectivity index (χ4v) is 2.56. The molecule has 0 aromatic carbocycles. The van der Waals surface area contributed by atoms with Gasteiger partial charge in [-0.1, -0.05) is 5.16 Å². The van der Waals surface area contributed by atoms with Gasteiger partial charge in [0.25, 0.3) is 0 Å². The van der Waals surface area contributed by atoms with E-state index in [2.05, 4.69) is 36.0 Å². The highest BCUT2D eigenvalue weighted by Gasteiger charge is 2.11. The van der Waals surface area contributed by atoms with Crippen LogP contribution < -0.4 is 10.6 Å². The molecular weight excluding hydrogens is 334 g/mol. The van der Waals surface area contributed by atoms with Crippen LogP contribution in [-0.4, -0.2) is 31.4 Å². The van der Waals surface area contributed by atoms with Gasteiger partial charge in [0.1, 0.15) is 11.5 Å². The van der Waals surface area contributed by atoms with Gasteiger partial charge in [0.05, 0.1) is 18.3 Å². The van der Waals surface area contributed by atoms with E-state index in [1.54, 1.807) is 24.5 Å². The molecule has 2 amide bonds. The second-order valence-corrected chi connectivity index (χ2v) is 5.66. The molecular formula is C17H15N7O2. The Morgan fingerprint density at radius 1 is 1.23 bits per heavy atom. The highest BCUT2D eigenvalue weighted by molar-refractivity contribution is 5.95. The molecule has 0 atom stereocenters. The normalized spacial score (nSPS) is 10.8. The molecule has 0 spiro atoms. The van der Waals surface area contributed by atoms with Crippen molar-refractivity contribution < 1.29 is 9.32 Å². The molecule has 0 aliphatic heterocycles. The van der Waals surface area contributed by atoms with E-state index in [-0.39, 0.29) is 6.54 Å². The van der Waals surface area contributed by atoms with Crippen molar-refractivity contribution >= 4 is 22.8 Å². The van der Waals surface area contributed by atoms with Crippen LogP contribution in [0.3, 0.4) is 0 Å². The zero-order chi connectivity index (χ0) is 17.9. The molecule has 0 saturated carbocycles. The summed E-state index contributed by atoms with van der Waals surface area (Å²) in [7, 11) is 0. The van der Waals surface area contributed by atoms with Crippen molar-refractivity contribution in [2.75, 3.05) is 5.32 Å². The quantitative estimate of drug-likeness (QED) is 0.521. The average Bonchev–Trinajstić information content (AvgIpc) is 3.29. The highest BCUT2D eigenvalue weighted by atomic mass is 16.5. The number of hydrogen-bond donors (Lipinski definition) is 3. The van der Waals surface area contributed by atoms with Crippen LogP contribution in [0.15, 0.2) is 47.4 Å². The molecule has 4 rings (SSSR count). The van der Waals surface area contributed by atoms with Crippen molar-refractivity contribution in [2.24, 2.45) is 0 Å². The fraction of sp³-hybridized carbons (Fsp3) is 0.118. The summed E-state index contributed by atoms with van der Waals surface area (Å²) in [4.78, 5) is 20.4. The molecule has 0 radical (unpaired) electrons. The number of aromatic nitrogens is 5. The number of H-pyrrole nitrogens is 1. The number of amides is 2. The summed E-state index contributed by atoms with van der Waals surface area (Å²) in [6.45, 7) is 2.17. The first-order chi connectivity index (χ1) is 12.7. The van der Waals surface area contributed by atoms with Crippen molar-refractivity contribution in [3.05, 3.63) is 54.3 Å². The van der Waals surface area contributed by atoms with E-state index < -0.39 is 6.03 Å². The number of aromatic amines is 1. The number of hydrogen-bond acceptors (Lipinski definition) is 6. The third-order valence-corrected chi connectivity index (χ3v) is 3.77. The highest BCUT2D eigenvalue weighted by Crippen LogP contribution is 2.26. The predicted molar refractivity (Wildman–Crippen MR) is 94.2 cm³/mol. The lowest BCUT2D eigenvalue weighted by Gasteiger charge is -2.05. The number of nitrogens with one attached hydrogen (secondary N) is 3. The smallest absolute Gasteiger partial charge is 0.320 e. The Kier molecular flexibility index (Phi) is 4.02. The lowest BCUT2D eigenvalue weighted by molar-refractivity contribution is 0.250. The van der Waals surface area contributed by atoms with Crippen LogP contribution in [0.2, 0.25) is 0 Å². The molecule has 0 fully saturated rings. The molecule has 0 bridgehead atoms. The Balaban J connectivity index is 1.50. The molecule has 4 aromatic heterocycles. The second-order valence-electron chi connectivity index (χ2n) is 5.66. The van der Waals surface area contributed by atoms with Gasteiger partial charge in [0.15, 0.2) is 5.76 Å². The summed E-state index contributed by atoms with van der Waals surface area (Å²) in [5.74, 6) is 0.975. The van der Waals surface area contributed by atoms with Gasteiger partial charge in [-0.3, -0.25) is 15.4 Å². The molecule has 3 N–H and O–H groups in total. The van der Waals surface area contributed by atoms with Crippen LogP contribution in [0, 0.1) is 6.92 Å². The Morgan fingerprint density at radius 3 is 2.96 bits per heavy atom. The zero-order valence-corrected chi connectivity index (χ0v) is 13.9. The number of nitrogens with zero attached hydrogens (tertiary/aromatic N) is 4. The monoisotopic (exact) mass is 349 g/mol. The maximum Gasteiger partial charge on any atom is 0.320 e. The van der Waals surface area contributed by atoms with E-state index in [0.29, 0.717) is 11.6 Å². The average molecular weight is 349 g/mol. The van der Waals surface area contributed by atoms with Crippen LogP contribution in [0.25, 0.3) is 22.2 Å². The van der Waals surface area contributed by atoms with Crippen molar-refractivity contribution in [2.45, 2.75) is 13.5 Å². The molecule has 0 aliphatic carbocycles. The molecule has 0 saturated heterocycles. The first-order valence-electron chi connectivity index (χ1n) is 7.90. The number of fused-ring (bicyclic) bond motifs is 1. The number of anilines is 1. The molecule has 0 aliphatic rings. The summed E-state index contributed by atoms with van der Waals surface area (Å²) in [5.41, 5.74) is 3.43. The molecule has 9 heteroatoms. The van der Waals surface area contributed by atoms with Crippen LogP contribution in [-0.2, 0) is 6.54 Å². The molecule has 0 unspecified atom stereocenters. The summed E-state index contributed by atoms with van der Waals surface area (Å²) in [6.07, 6.45) is 4.94. The number of aryl methyl sites for hydroxylation is 1. The molecule has 130 valence electrons. The first-order valence-corrected chi connectivity index (χ1v) is 7.90. The van der Waals surface area contributed by atoms with Gasteiger partial charge in [0.2, 0.25) is 0 Å². The summed E-state index contributed by atoms with van der Waals surface area (Å²) < 4.78 is 4.92. The molecule has 26 heavy (non-hydrogen) atoms. The lowest BCUT2D eigenvalue weighted by atomic mass is 10.1. The van der Waals surface area contributed by atoms with E-state index in [1.165, 1.54) is 6.20 Å². The zero-order valence-electron chi connectivity index (χ0n) is 13.9. The number of carbonyl (C=O) groups excluding carboxylic acids is 1. The SMILES string of the molecule is Cc1cc(-c2n[nH]c3cc(NC(=O)NCc4ccno4)ncc23)ccn1. The van der Waals surface area contributed by atoms with Gasteiger partial charge in [-0.25, -0.2) is 9.78 Å². The maximum atomic E-state index is 12.0. The Hall–Kier alpha value is -3.75. The van der Waals surface area contributed by atoms with Crippen LogP contribution in [0.1, 0.15) is 11.5 Å². The van der Waals surface area contributed by atoms with E-state index in [0.717, 1.165) is 27.9 Å². The predicted octanol–water partition coefficient (Wildman–Crippen LogP) is 2.64. The number of urea groups is 1. The minimum Gasteiger partial charge on any atom is -0.360 e.